The number of nitrogens with zero attached hydrogens (tertiary/aromatic N) is 3. The van der Waals surface area contributed by atoms with Crippen molar-refractivity contribution >= 4 is 27.8 Å². The molecule has 0 spiro atoms. The molecule has 3 aromatic carbocycles. The maximum atomic E-state index is 11.5. The van der Waals surface area contributed by atoms with Crippen LogP contribution in [0.4, 0.5) is 0 Å². The van der Waals surface area contributed by atoms with Crippen molar-refractivity contribution in [3.63, 3.8) is 0 Å². The topological polar surface area (TPSA) is 83.4 Å². The summed E-state index contributed by atoms with van der Waals surface area (Å²) in [6.45, 7) is 3.71. The number of likely N-dealkylation sites (tertiary alicyclic amines) is 1. The molecule has 1 aliphatic rings. The first-order chi connectivity index (χ1) is 18.0. The molecule has 7 nitrogen and oxygen atoms in total. The number of benzene rings is 3. The second kappa shape index (κ2) is 9.41. The highest BCUT2D eigenvalue weighted by Gasteiger charge is 2.32. The monoisotopic (exact) mass is 494 g/mol. The maximum absolute atomic E-state index is 11.5. The van der Waals surface area contributed by atoms with Gasteiger partial charge in [0.2, 0.25) is 0 Å². The Bertz CT molecular complexity index is 1550. The number of carboxylic acids is 1. The largest absolute Gasteiger partial charge is 0.496 e. The fraction of sp³-hybridized carbons (Fsp3) is 0.267. The number of aryl methyl sites for hydroxylation is 1. The van der Waals surface area contributed by atoms with Crippen LogP contribution in [0.1, 0.15) is 52.0 Å². The molecule has 1 aliphatic heterocycles. The summed E-state index contributed by atoms with van der Waals surface area (Å²) in [5.41, 5.74) is 5.88. The third-order valence-corrected chi connectivity index (χ3v) is 7.73. The van der Waals surface area contributed by atoms with Gasteiger partial charge in [0, 0.05) is 53.4 Å². The number of H-pyrrole nitrogens is 1. The van der Waals surface area contributed by atoms with Crippen LogP contribution < -0.4 is 4.74 Å². The standard InChI is InChI=1S/C30H30N4O3/c1-19-15-28(37-2)25(24-11-13-31-29(19)24)18-33-14-12-23(34-17-22-5-3-4-6-26(22)32-34)16-27(33)20-7-9-21(10-8-20)30(35)36/h3-11,13,15,17,23,27,31H,12,14,16,18H2,1-2H3,(H,35,36). The number of ether oxygens (including phenoxy) is 1. The summed E-state index contributed by atoms with van der Waals surface area (Å²) in [5.74, 6) is -0.0163. The van der Waals surface area contributed by atoms with Gasteiger partial charge in [0.15, 0.2) is 0 Å². The Balaban J connectivity index is 1.37. The third-order valence-electron chi connectivity index (χ3n) is 7.73. The molecule has 2 atom stereocenters. The molecule has 1 fully saturated rings. The van der Waals surface area contributed by atoms with Crippen molar-refractivity contribution in [1.29, 1.82) is 0 Å². The second-order valence-electron chi connectivity index (χ2n) is 9.90. The molecule has 2 aromatic heterocycles. The molecule has 37 heavy (non-hydrogen) atoms. The first-order valence-electron chi connectivity index (χ1n) is 12.7. The summed E-state index contributed by atoms with van der Waals surface area (Å²) in [7, 11) is 1.73. The number of piperidine rings is 1. The molecule has 2 N–H and O–H groups in total. The zero-order valence-corrected chi connectivity index (χ0v) is 21.0. The van der Waals surface area contributed by atoms with E-state index < -0.39 is 5.97 Å². The zero-order chi connectivity index (χ0) is 25.5. The lowest BCUT2D eigenvalue weighted by atomic mass is 9.90. The van der Waals surface area contributed by atoms with E-state index in [9.17, 15) is 9.90 Å². The molecule has 0 amide bonds. The van der Waals surface area contributed by atoms with E-state index in [1.807, 2.05) is 30.5 Å². The van der Waals surface area contributed by atoms with Crippen LogP contribution in [0.2, 0.25) is 0 Å². The maximum Gasteiger partial charge on any atom is 0.335 e. The zero-order valence-electron chi connectivity index (χ0n) is 21.0. The number of carbonyl (C=O) groups is 1. The van der Waals surface area contributed by atoms with E-state index in [0.717, 1.165) is 59.2 Å². The van der Waals surface area contributed by atoms with Gasteiger partial charge in [-0.3, -0.25) is 9.58 Å². The normalized spacial score (nSPS) is 18.4. The minimum Gasteiger partial charge on any atom is -0.496 e. The summed E-state index contributed by atoms with van der Waals surface area (Å²) >= 11 is 0. The van der Waals surface area contributed by atoms with Crippen LogP contribution in [0.3, 0.4) is 0 Å². The highest BCUT2D eigenvalue weighted by molar-refractivity contribution is 5.88. The van der Waals surface area contributed by atoms with E-state index in [0.29, 0.717) is 5.56 Å². The SMILES string of the molecule is COc1cc(C)c2[nH]ccc2c1CN1CCC(n2cc3ccccc3n2)CC1c1ccc(C(=O)O)cc1. The fourth-order valence-corrected chi connectivity index (χ4v) is 5.77. The van der Waals surface area contributed by atoms with Gasteiger partial charge in [-0.15, -0.1) is 0 Å². The van der Waals surface area contributed by atoms with Gasteiger partial charge in [0.25, 0.3) is 0 Å². The Morgan fingerprint density at radius 2 is 1.97 bits per heavy atom. The molecule has 0 bridgehead atoms. The fourth-order valence-electron chi connectivity index (χ4n) is 5.77. The van der Waals surface area contributed by atoms with Crippen molar-refractivity contribution in [2.24, 2.45) is 0 Å². The Morgan fingerprint density at radius 3 is 2.73 bits per heavy atom. The van der Waals surface area contributed by atoms with Gasteiger partial charge < -0.3 is 14.8 Å². The predicted molar refractivity (Wildman–Crippen MR) is 144 cm³/mol. The van der Waals surface area contributed by atoms with Crippen molar-refractivity contribution in [3.8, 4) is 5.75 Å². The number of methoxy groups -OCH3 is 1. The van der Waals surface area contributed by atoms with Gasteiger partial charge >= 0.3 is 5.97 Å². The highest BCUT2D eigenvalue weighted by Crippen LogP contribution is 2.40. The van der Waals surface area contributed by atoms with Crippen LogP contribution >= 0.6 is 0 Å². The van der Waals surface area contributed by atoms with Gasteiger partial charge in [-0.1, -0.05) is 30.3 Å². The lowest BCUT2D eigenvalue weighted by molar-refractivity contribution is 0.0696. The van der Waals surface area contributed by atoms with E-state index in [4.69, 9.17) is 9.84 Å². The lowest BCUT2D eigenvalue weighted by Gasteiger charge is -2.40. The summed E-state index contributed by atoms with van der Waals surface area (Å²) in [6, 6.07) is 20.1. The summed E-state index contributed by atoms with van der Waals surface area (Å²) in [5, 5.41) is 16.6. The third kappa shape index (κ3) is 4.25. The van der Waals surface area contributed by atoms with Crippen molar-refractivity contribution < 1.29 is 14.6 Å². The number of carboxylic acid groups (broad SMARTS) is 1. The number of hydrogen-bond donors (Lipinski definition) is 2. The smallest absolute Gasteiger partial charge is 0.335 e. The van der Waals surface area contributed by atoms with Gasteiger partial charge in [-0.2, -0.15) is 5.10 Å². The molecule has 7 heteroatoms. The van der Waals surface area contributed by atoms with Crippen LogP contribution in [0, 0.1) is 6.92 Å². The van der Waals surface area contributed by atoms with Crippen molar-refractivity contribution in [2.75, 3.05) is 13.7 Å². The number of aromatic carboxylic acids is 1. The van der Waals surface area contributed by atoms with Crippen molar-refractivity contribution in [1.82, 2.24) is 19.7 Å². The molecule has 0 aliphatic carbocycles. The van der Waals surface area contributed by atoms with E-state index in [1.54, 1.807) is 19.2 Å². The molecule has 5 aromatic rings. The molecular formula is C30H30N4O3. The number of aromatic nitrogens is 3. The van der Waals surface area contributed by atoms with Gasteiger partial charge in [-0.25, -0.2) is 4.79 Å². The highest BCUT2D eigenvalue weighted by atomic mass is 16.5. The predicted octanol–water partition coefficient (Wildman–Crippen LogP) is 6.11. The number of nitrogens with one attached hydrogen (secondary N) is 1. The van der Waals surface area contributed by atoms with Crippen LogP contribution in [0.25, 0.3) is 21.8 Å². The summed E-state index contributed by atoms with van der Waals surface area (Å²) in [4.78, 5) is 17.3. The minimum absolute atomic E-state index is 0.105. The quantitative estimate of drug-likeness (QED) is 0.298. The molecular weight excluding hydrogens is 464 g/mol. The Morgan fingerprint density at radius 1 is 1.16 bits per heavy atom. The first kappa shape index (κ1) is 23.3. The minimum atomic E-state index is -0.910. The lowest BCUT2D eigenvalue weighted by Crippen LogP contribution is -2.37. The Labute approximate surface area is 215 Å². The average Bonchev–Trinajstić information content (AvgIpc) is 3.58. The van der Waals surface area contributed by atoms with Crippen LogP contribution in [0.5, 0.6) is 5.75 Å². The molecule has 6 rings (SSSR count). The summed E-state index contributed by atoms with van der Waals surface area (Å²) < 4.78 is 7.95. The first-order valence-corrected chi connectivity index (χ1v) is 12.7. The number of hydrogen-bond acceptors (Lipinski definition) is 4. The van der Waals surface area contributed by atoms with E-state index in [2.05, 4.69) is 52.0 Å². The van der Waals surface area contributed by atoms with Gasteiger partial charge in [0.1, 0.15) is 5.75 Å². The number of rotatable bonds is 6. The molecule has 3 heterocycles. The van der Waals surface area contributed by atoms with E-state index >= 15 is 0 Å². The Hall–Kier alpha value is -4.10. The van der Waals surface area contributed by atoms with Crippen molar-refractivity contribution in [3.05, 3.63) is 95.3 Å². The van der Waals surface area contributed by atoms with Crippen LogP contribution in [-0.4, -0.2) is 44.4 Å². The molecule has 2 unspecified atom stereocenters. The van der Waals surface area contributed by atoms with Crippen LogP contribution in [-0.2, 0) is 6.54 Å². The van der Waals surface area contributed by atoms with Gasteiger partial charge in [-0.05, 0) is 61.2 Å². The van der Waals surface area contributed by atoms with E-state index in [-0.39, 0.29) is 12.1 Å². The number of aromatic amines is 1. The molecule has 0 saturated carbocycles. The van der Waals surface area contributed by atoms with E-state index in [1.165, 1.54) is 10.9 Å². The van der Waals surface area contributed by atoms with Crippen LogP contribution in [0.15, 0.2) is 73.1 Å². The second-order valence-corrected chi connectivity index (χ2v) is 9.90. The molecule has 188 valence electrons. The average molecular weight is 495 g/mol. The van der Waals surface area contributed by atoms with Crippen molar-refractivity contribution in [2.45, 2.75) is 38.4 Å². The summed E-state index contributed by atoms with van der Waals surface area (Å²) in [6.07, 6.45) is 5.98. The molecule has 0 radical (unpaired) electrons. The Kier molecular flexibility index (Phi) is 5.93. The molecule has 1 saturated heterocycles. The van der Waals surface area contributed by atoms with Gasteiger partial charge in [0.05, 0.1) is 24.2 Å². The number of fused-ring (bicyclic) bond motifs is 2.